The number of hydrogen-bond acceptors (Lipinski definition) is 4. The molecule has 0 spiro atoms. The van der Waals surface area contributed by atoms with E-state index in [0.717, 1.165) is 12.8 Å². The quantitative estimate of drug-likeness (QED) is 0.639. The fourth-order valence-electron chi connectivity index (χ4n) is 2.01. The van der Waals surface area contributed by atoms with Gasteiger partial charge in [0.2, 0.25) is 15.9 Å². The molecule has 0 radical (unpaired) electrons. The Kier molecular flexibility index (Phi) is 2.24. The van der Waals surface area contributed by atoms with Crippen molar-refractivity contribution in [3.8, 4) is 0 Å². The first-order valence-electron chi connectivity index (χ1n) is 5.45. The first-order chi connectivity index (χ1) is 7.59. The molecule has 2 heterocycles. The largest absolute Gasteiger partial charge is 0.378 e. The molecule has 0 aromatic carbocycles. The van der Waals surface area contributed by atoms with Crippen molar-refractivity contribution in [2.45, 2.75) is 24.1 Å². The van der Waals surface area contributed by atoms with Crippen molar-refractivity contribution in [2.24, 2.45) is 0 Å². The minimum atomic E-state index is -3.33. The summed E-state index contributed by atoms with van der Waals surface area (Å²) in [5, 5.41) is -0.445. The molecule has 1 aliphatic carbocycles. The third kappa shape index (κ3) is 1.54. The van der Waals surface area contributed by atoms with Crippen LogP contribution < -0.4 is 0 Å². The monoisotopic (exact) mass is 246 g/mol. The number of carbonyl (C=O) groups excluding carboxylic acids is 1. The van der Waals surface area contributed by atoms with Crippen molar-refractivity contribution >= 4 is 15.9 Å². The Labute approximate surface area is 94.2 Å². The van der Waals surface area contributed by atoms with Gasteiger partial charge in [-0.05, 0) is 12.8 Å². The molecule has 7 heteroatoms. The molecular formula is C9H14N2O4S. The molecule has 16 heavy (non-hydrogen) atoms. The van der Waals surface area contributed by atoms with E-state index in [2.05, 4.69) is 0 Å². The summed E-state index contributed by atoms with van der Waals surface area (Å²) in [6.07, 6.45) is 2.01. The van der Waals surface area contributed by atoms with Crippen LogP contribution in [-0.4, -0.2) is 61.2 Å². The van der Waals surface area contributed by atoms with Gasteiger partial charge in [-0.2, -0.15) is 4.31 Å². The molecule has 3 aliphatic rings. The lowest BCUT2D eigenvalue weighted by Crippen LogP contribution is -2.48. The van der Waals surface area contributed by atoms with E-state index >= 15 is 0 Å². The highest BCUT2D eigenvalue weighted by Gasteiger charge is 2.46. The van der Waals surface area contributed by atoms with E-state index in [1.807, 2.05) is 0 Å². The summed E-state index contributed by atoms with van der Waals surface area (Å²) < 4.78 is 30.2. The highest BCUT2D eigenvalue weighted by molar-refractivity contribution is 7.89. The second kappa shape index (κ2) is 3.41. The smallest absolute Gasteiger partial charge is 0.239 e. The molecular weight excluding hydrogens is 232 g/mol. The van der Waals surface area contributed by atoms with Crippen LogP contribution in [0.1, 0.15) is 12.8 Å². The Morgan fingerprint density at radius 3 is 2.44 bits per heavy atom. The molecule has 1 amide bonds. The second-order valence-electron chi connectivity index (χ2n) is 4.55. The van der Waals surface area contributed by atoms with E-state index < -0.39 is 15.3 Å². The van der Waals surface area contributed by atoms with Gasteiger partial charge in [0.1, 0.15) is 5.25 Å². The molecule has 0 unspecified atom stereocenters. The predicted octanol–water partition coefficient (Wildman–Crippen LogP) is -1.02. The van der Waals surface area contributed by atoms with Gasteiger partial charge in [0, 0.05) is 6.04 Å². The van der Waals surface area contributed by atoms with Crippen molar-refractivity contribution < 1.29 is 17.9 Å². The Hall–Kier alpha value is -0.660. The number of sulfonamides is 1. The van der Waals surface area contributed by atoms with E-state index in [4.69, 9.17) is 4.74 Å². The van der Waals surface area contributed by atoms with E-state index in [1.165, 1.54) is 4.31 Å². The minimum absolute atomic E-state index is 0.00926. The SMILES string of the molecule is O=C1CN(S(=O)(=O)C2COC2)CN1C1CC1. The van der Waals surface area contributed by atoms with Gasteiger partial charge in [-0.3, -0.25) is 4.79 Å². The molecule has 1 saturated carbocycles. The highest BCUT2D eigenvalue weighted by Crippen LogP contribution is 2.31. The van der Waals surface area contributed by atoms with Crippen LogP contribution in [0, 0.1) is 0 Å². The fourth-order valence-corrected chi connectivity index (χ4v) is 3.55. The number of ether oxygens (including phenoxy) is 1. The molecule has 0 atom stereocenters. The van der Waals surface area contributed by atoms with Gasteiger partial charge in [0.05, 0.1) is 26.4 Å². The van der Waals surface area contributed by atoms with Gasteiger partial charge < -0.3 is 9.64 Å². The second-order valence-corrected chi connectivity index (χ2v) is 6.76. The zero-order valence-electron chi connectivity index (χ0n) is 8.83. The lowest BCUT2D eigenvalue weighted by Gasteiger charge is -2.29. The topological polar surface area (TPSA) is 66.9 Å². The van der Waals surface area contributed by atoms with Crippen LogP contribution in [0.25, 0.3) is 0 Å². The maximum atomic E-state index is 12.0. The molecule has 0 aromatic heterocycles. The van der Waals surface area contributed by atoms with Crippen LogP contribution in [0.3, 0.4) is 0 Å². The van der Waals surface area contributed by atoms with Gasteiger partial charge in [-0.25, -0.2) is 8.42 Å². The highest BCUT2D eigenvalue weighted by atomic mass is 32.2. The zero-order valence-corrected chi connectivity index (χ0v) is 9.65. The van der Waals surface area contributed by atoms with Gasteiger partial charge in [-0.1, -0.05) is 0 Å². The number of hydrogen-bond donors (Lipinski definition) is 0. The molecule has 0 bridgehead atoms. The first kappa shape index (κ1) is 10.5. The third-order valence-corrected chi connectivity index (χ3v) is 5.40. The Bertz CT molecular complexity index is 413. The molecule has 2 aliphatic heterocycles. The lowest BCUT2D eigenvalue weighted by molar-refractivity contribution is -0.127. The van der Waals surface area contributed by atoms with Crippen molar-refractivity contribution in [1.29, 1.82) is 0 Å². The Balaban J connectivity index is 1.74. The Morgan fingerprint density at radius 2 is 1.94 bits per heavy atom. The first-order valence-corrected chi connectivity index (χ1v) is 6.95. The molecule has 6 nitrogen and oxygen atoms in total. The summed E-state index contributed by atoms with van der Waals surface area (Å²) in [6, 6.07) is 0.283. The predicted molar refractivity (Wildman–Crippen MR) is 55.0 cm³/mol. The maximum Gasteiger partial charge on any atom is 0.239 e. The molecule has 0 aromatic rings. The van der Waals surface area contributed by atoms with Crippen LogP contribution in [0.5, 0.6) is 0 Å². The van der Waals surface area contributed by atoms with Crippen molar-refractivity contribution in [3.63, 3.8) is 0 Å². The molecule has 3 fully saturated rings. The van der Waals surface area contributed by atoms with E-state index in [0.29, 0.717) is 0 Å². The zero-order chi connectivity index (χ0) is 11.3. The summed E-state index contributed by atoms with van der Waals surface area (Å²) in [6.45, 7) is 0.768. The summed E-state index contributed by atoms with van der Waals surface area (Å²) in [5.74, 6) is -0.0636. The number of carbonyl (C=O) groups is 1. The van der Waals surface area contributed by atoms with Gasteiger partial charge in [-0.15, -0.1) is 0 Å². The van der Waals surface area contributed by atoms with Crippen LogP contribution in [0.4, 0.5) is 0 Å². The van der Waals surface area contributed by atoms with Gasteiger partial charge in [0.15, 0.2) is 0 Å². The minimum Gasteiger partial charge on any atom is -0.378 e. The van der Waals surface area contributed by atoms with E-state index in [9.17, 15) is 13.2 Å². The average molecular weight is 246 g/mol. The normalized spacial score (nSPS) is 28.5. The van der Waals surface area contributed by atoms with Crippen LogP contribution >= 0.6 is 0 Å². The third-order valence-electron chi connectivity index (χ3n) is 3.32. The summed E-state index contributed by atoms with van der Waals surface area (Å²) in [7, 11) is -3.33. The molecule has 2 saturated heterocycles. The van der Waals surface area contributed by atoms with Gasteiger partial charge >= 0.3 is 0 Å². The van der Waals surface area contributed by atoms with Gasteiger partial charge in [0.25, 0.3) is 0 Å². The molecule has 90 valence electrons. The van der Waals surface area contributed by atoms with Crippen LogP contribution in [0.2, 0.25) is 0 Å². The average Bonchev–Trinajstić information content (AvgIpc) is 2.86. The van der Waals surface area contributed by atoms with Crippen molar-refractivity contribution in [2.75, 3.05) is 26.4 Å². The summed E-state index contributed by atoms with van der Waals surface area (Å²) >= 11 is 0. The Morgan fingerprint density at radius 1 is 1.25 bits per heavy atom. The van der Waals surface area contributed by atoms with E-state index in [1.54, 1.807) is 4.90 Å². The summed E-state index contributed by atoms with van der Waals surface area (Å²) in [5.41, 5.74) is 0. The van der Waals surface area contributed by atoms with Crippen molar-refractivity contribution in [3.05, 3.63) is 0 Å². The number of rotatable bonds is 3. The standard InChI is InChI=1S/C9H14N2O4S/c12-9-3-10(6-11(9)7-1-2-7)16(13,14)8-4-15-5-8/h7-8H,1-6H2. The lowest BCUT2D eigenvalue weighted by atomic mass is 10.4. The van der Waals surface area contributed by atoms with Crippen LogP contribution in [-0.2, 0) is 19.6 Å². The van der Waals surface area contributed by atoms with Crippen LogP contribution in [0.15, 0.2) is 0 Å². The summed E-state index contributed by atoms with van der Waals surface area (Å²) in [4.78, 5) is 13.3. The molecule has 0 N–H and O–H groups in total. The molecule has 3 rings (SSSR count). The number of nitrogens with zero attached hydrogens (tertiary/aromatic N) is 2. The fraction of sp³-hybridized carbons (Fsp3) is 0.889. The van der Waals surface area contributed by atoms with E-state index in [-0.39, 0.29) is 38.4 Å². The van der Waals surface area contributed by atoms with Crippen molar-refractivity contribution in [1.82, 2.24) is 9.21 Å². The maximum absolute atomic E-state index is 12.0. The number of amides is 1.